The number of fused-ring (bicyclic) bond motifs is 1. The molecule has 11 heteroatoms. The Labute approximate surface area is 194 Å². The van der Waals surface area contributed by atoms with Gasteiger partial charge in [0, 0.05) is 24.7 Å². The molecule has 0 spiro atoms. The van der Waals surface area contributed by atoms with Gasteiger partial charge in [0.1, 0.15) is 11.4 Å². The van der Waals surface area contributed by atoms with Gasteiger partial charge in [-0.15, -0.1) is 5.10 Å². The highest BCUT2D eigenvalue weighted by Gasteiger charge is 2.24. The fraction of sp³-hybridized carbons (Fsp3) is 0.217. The van der Waals surface area contributed by atoms with Crippen molar-refractivity contribution >= 4 is 16.8 Å². The molecule has 11 nitrogen and oxygen atoms in total. The van der Waals surface area contributed by atoms with E-state index in [1.807, 2.05) is 37.3 Å². The van der Waals surface area contributed by atoms with Gasteiger partial charge in [0.25, 0.3) is 5.91 Å². The minimum Gasteiger partial charge on any atom is -0.504 e. The van der Waals surface area contributed by atoms with Crippen molar-refractivity contribution in [2.24, 2.45) is 12.8 Å². The second-order valence-corrected chi connectivity index (χ2v) is 8.07. The molecule has 3 N–H and O–H groups in total. The summed E-state index contributed by atoms with van der Waals surface area (Å²) in [4.78, 5) is 21.0. The summed E-state index contributed by atoms with van der Waals surface area (Å²) in [5.41, 5.74) is 9.03. The average molecular weight is 457 g/mol. The van der Waals surface area contributed by atoms with Gasteiger partial charge < -0.3 is 10.8 Å². The molecule has 0 saturated carbocycles. The van der Waals surface area contributed by atoms with E-state index in [9.17, 15) is 9.90 Å². The second-order valence-electron chi connectivity index (χ2n) is 8.07. The molecule has 0 radical (unpaired) electrons. The predicted octanol–water partition coefficient (Wildman–Crippen LogP) is 2.08. The van der Waals surface area contributed by atoms with Crippen LogP contribution < -0.4 is 5.73 Å². The molecule has 0 unspecified atom stereocenters. The van der Waals surface area contributed by atoms with E-state index in [2.05, 4.69) is 25.3 Å². The summed E-state index contributed by atoms with van der Waals surface area (Å²) in [7, 11) is 1.71. The number of nitrogens with two attached hydrogens (primary N) is 1. The molecule has 0 atom stereocenters. The number of benzene rings is 1. The maximum absolute atomic E-state index is 12.0. The van der Waals surface area contributed by atoms with Crippen molar-refractivity contribution < 1.29 is 9.90 Å². The molecule has 0 aliphatic heterocycles. The molecule has 0 saturated heterocycles. The van der Waals surface area contributed by atoms with E-state index < -0.39 is 5.91 Å². The SMILES string of the molecule is Cc1cc2c(C(N)=O)nn(-c3nc(-c4c(O)c(C)nn4CCc4ccccc4)nn3C)c2cn1. The minimum atomic E-state index is -0.649. The number of primary amides is 1. The molecular formula is C23H23N9O2. The minimum absolute atomic E-state index is 0.0191. The molecular weight excluding hydrogens is 434 g/mol. The van der Waals surface area contributed by atoms with Crippen molar-refractivity contribution in [3.63, 3.8) is 0 Å². The first-order valence-corrected chi connectivity index (χ1v) is 10.7. The maximum atomic E-state index is 12.0. The van der Waals surface area contributed by atoms with E-state index in [4.69, 9.17) is 5.73 Å². The molecule has 5 aromatic rings. The van der Waals surface area contributed by atoms with Crippen LogP contribution in [0.3, 0.4) is 0 Å². The van der Waals surface area contributed by atoms with Crippen molar-refractivity contribution in [1.29, 1.82) is 0 Å². The Hall–Kier alpha value is -4.54. The Balaban J connectivity index is 1.59. The van der Waals surface area contributed by atoms with Gasteiger partial charge in [-0.1, -0.05) is 30.3 Å². The molecule has 4 aromatic heterocycles. The number of aromatic hydroxyl groups is 1. The molecule has 0 aliphatic rings. The van der Waals surface area contributed by atoms with Crippen LogP contribution in [0.2, 0.25) is 0 Å². The zero-order chi connectivity index (χ0) is 24.0. The third-order valence-electron chi connectivity index (χ3n) is 5.63. The van der Waals surface area contributed by atoms with Gasteiger partial charge in [-0.2, -0.15) is 19.9 Å². The van der Waals surface area contributed by atoms with Gasteiger partial charge in [-0.05, 0) is 31.9 Å². The highest BCUT2D eigenvalue weighted by atomic mass is 16.3. The monoisotopic (exact) mass is 457 g/mol. The fourth-order valence-electron chi connectivity index (χ4n) is 3.95. The quantitative estimate of drug-likeness (QED) is 0.397. The highest BCUT2D eigenvalue weighted by Crippen LogP contribution is 2.31. The Kier molecular flexibility index (Phi) is 5.08. The van der Waals surface area contributed by atoms with Crippen molar-refractivity contribution in [3.8, 4) is 23.2 Å². The zero-order valence-corrected chi connectivity index (χ0v) is 19.0. The van der Waals surface area contributed by atoms with Gasteiger partial charge in [-0.25, -0.2) is 4.68 Å². The van der Waals surface area contributed by atoms with Gasteiger partial charge in [0.2, 0.25) is 11.8 Å². The average Bonchev–Trinajstić information content (AvgIpc) is 3.46. The number of carbonyl (C=O) groups is 1. The lowest BCUT2D eigenvalue weighted by atomic mass is 10.1. The largest absolute Gasteiger partial charge is 0.504 e. The van der Waals surface area contributed by atoms with Crippen molar-refractivity contribution in [1.82, 2.24) is 39.3 Å². The normalized spacial score (nSPS) is 11.4. The molecule has 1 amide bonds. The lowest BCUT2D eigenvalue weighted by Crippen LogP contribution is -2.13. The van der Waals surface area contributed by atoms with Crippen LogP contribution in [0.25, 0.3) is 28.4 Å². The lowest BCUT2D eigenvalue weighted by Gasteiger charge is -2.05. The van der Waals surface area contributed by atoms with Crippen LogP contribution in [-0.2, 0) is 20.0 Å². The van der Waals surface area contributed by atoms with Gasteiger partial charge >= 0.3 is 0 Å². The Morgan fingerprint density at radius 2 is 1.88 bits per heavy atom. The second kappa shape index (κ2) is 8.10. The number of aryl methyl sites for hydroxylation is 5. The molecule has 34 heavy (non-hydrogen) atoms. The molecule has 172 valence electrons. The van der Waals surface area contributed by atoms with Crippen LogP contribution in [0.15, 0.2) is 42.6 Å². The number of pyridine rings is 1. The smallest absolute Gasteiger partial charge is 0.269 e. The van der Waals surface area contributed by atoms with E-state index in [1.54, 1.807) is 30.9 Å². The van der Waals surface area contributed by atoms with Gasteiger partial charge in [0.15, 0.2) is 11.4 Å². The molecule has 5 rings (SSSR count). The van der Waals surface area contributed by atoms with Crippen LogP contribution in [0.5, 0.6) is 5.75 Å². The topological polar surface area (TPSA) is 143 Å². The van der Waals surface area contributed by atoms with Crippen LogP contribution in [0, 0.1) is 13.8 Å². The third-order valence-corrected chi connectivity index (χ3v) is 5.63. The van der Waals surface area contributed by atoms with Crippen molar-refractivity contribution in [2.75, 3.05) is 0 Å². The number of nitrogens with zero attached hydrogens (tertiary/aromatic N) is 8. The Bertz CT molecular complexity index is 1530. The van der Waals surface area contributed by atoms with Gasteiger partial charge in [-0.3, -0.25) is 14.5 Å². The highest BCUT2D eigenvalue weighted by molar-refractivity contribution is 6.04. The number of carbonyl (C=O) groups excluding carboxylic acids is 1. The predicted molar refractivity (Wildman–Crippen MR) is 124 cm³/mol. The number of amides is 1. The summed E-state index contributed by atoms with van der Waals surface area (Å²) in [6, 6.07) is 11.8. The number of aromatic nitrogens is 8. The van der Waals surface area contributed by atoms with E-state index >= 15 is 0 Å². The molecule has 1 aromatic carbocycles. The van der Waals surface area contributed by atoms with Crippen molar-refractivity contribution in [2.45, 2.75) is 26.8 Å². The summed E-state index contributed by atoms with van der Waals surface area (Å²) >= 11 is 0. The molecule has 0 fully saturated rings. The summed E-state index contributed by atoms with van der Waals surface area (Å²) in [5.74, 6) is -0.00586. The first kappa shape index (κ1) is 21.3. The molecule has 0 bridgehead atoms. The van der Waals surface area contributed by atoms with E-state index in [0.29, 0.717) is 34.8 Å². The number of hydrogen-bond donors (Lipinski definition) is 2. The summed E-state index contributed by atoms with van der Waals surface area (Å²) in [6.07, 6.45) is 2.34. The summed E-state index contributed by atoms with van der Waals surface area (Å²) in [5, 5.41) is 24.7. The maximum Gasteiger partial charge on any atom is 0.269 e. The fourth-order valence-corrected chi connectivity index (χ4v) is 3.95. The van der Waals surface area contributed by atoms with E-state index in [1.165, 1.54) is 9.36 Å². The Morgan fingerprint density at radius 1 is 1.12 bits per heavy atom. The van der Waals surface area contributed by atoms with Crippen molar-refractivity contribution in [3.05, 3.63) is 65.2 Å². The van der Waals surface area contributed by atoms with E-state index in [-0.39, 0.29) is 17.3 Å². The lowest BCUT2D eigenvalue weighted by molar-refractivity contribution is 0.0996. The summed E-state index contributed by atoms with van der Waals surface area (Å²) < 4.78 is 4.71. The summed E-state index contributed by atoms with van der Waals surface area (Å²) in [6.45, 7) is 4.09. The van der Waals surface area contributed by atoms with Crippen LogP contribution in [0.1, 0.15) is 27.4 Å². The van der Waals surface area contributed by atoms with Gasteiger partial charge in [0.05, 0.1) is 11.7 Å². The molecule has 0 aliphatic carbocycles. The Morgan fingerprint density at radius 3 is 2.62 bits per heavy atom. The number of rotatable bonds is 6. The molecule has 4 heterocycles. The third kappa shape index (κ3) is 3.56. The van der Waals surface area contributed by atoms with E-state index in [0.717, 1.165) is 17.7 Å². The zero-order valence-electron chi connectivity index (χ0n) is 19.0. The standard InChI is InChI=1S/C23H23N9O2/c1-13-11-16-17(12-25-13)32(28-18(16)21(24)34)23-26-22(29-30(23)3)19-20(33)14(2)27-31(19)10-9-15-7-5-4-6-8-15/h4-8,11-12,33H,9-10H2,1-3H3,(H2,24,34). The number of hydrogen-bond acceptors (Lipinski definition) is 7. The van der Waals surface area contributed by atoms with Crippen LogP contribution in [0.4, 0.5) is 0 Å². The first-order chi connectivity index (χ1) is 16.3. The van der Waals surface area contributed by atoms with Crippen LogP contribution >= 0.6 is 0 Å². The van der Waals surface area contributed by atoms with Crippen LogP contribution in [-0.4, -0.2) is 50.3 Å². The first-order valence-electron chi connectivity index (χ1n) is 10.7.